The Morgan fingerprint density at radius 3 is 0.705 bits per heavy atom. The molecule has 0 unspecified atom stereocenters. The Hall–Kier alpha value is -8.22. The minimum Gasteiger partial charge on any atom is -0.272 e. The maximum absolute atomic E-state index is 14.9. The van der Waals surface area contributed by atoms with Crippen LogP contribution in [-0.2, 0) is 0 Å². The van der Waals surface area contributed by atoms with Crippen LogP contribution in [0.4, 0.5) is 0 Å². The van der Waals surface area contributed by atoms with Crippen LogP contribution in [0.5, 0.6) is 0 Å². The van der Waals surface area contributed by atoms with Crippen molar-refractivity contribution in [3.8, 4) is 0 Å². The number of carbonyl (C=O) groups is 4. The van der Waals surface area contributed by atoms with Crippen molar-refractivity contribution in [2.75, 3.05) is 0 Å². The van der Waals surface area contributed by atoms with Gasteiger partial charge in [-0.05, 0) is 180 Å². The molecule has 2 heterocycles. The monoisotopic (exact) mass is 1010 g/mol. The van der Waals surface area contributed by atoms with E-state index in [1.165, 1.54) is 119 Å². The maximum Gasteiger partial charge on any atom is 0.261 e. The van der Waals surface area contributed by atoms with Crippen LogP contribution in [0.25, 0.3) is 140 Å². The number of amides is 4. The molecule has 2 aliphatic heterocycles. The average Bonchev–Trinajstić information content (AvgIpc) is 2.63. The molecule has 0 aromatic heterocycles. The smallest absolute Gasteiger partial charge is 0.261 e. The summed E-state index contributed by atoms with van der Waals surface area (Å²) < 4.78 is 0. The molecule has 0 atom stereocenters. The zero-order valence-electron chi connectivity index (χ0n) is 44.7. The first kappa shape index (κ1) is 45.9. The molecule has 0 saturated carbocycles. The van der Waals surface area contributed by atoms with Crippen molar-refractivity contribution in [2.45, 2.75) is 117 Å². The molecule has 0 aliphatic carbocycles. The number of imide groups is 2. The molecule has 0 radical (unpaired) electrons. The normalized spacial score (nSPS) is 14.5. The van der Waals surface area contributed by atoms with Crippen LogP contribution in [0.15, 0.2) is 121 Å². The van der Waals surface area contributed by atoms with E-state index in [9.17, 15) is 19.2 Å². The molecule has 14 aromatic carbocycles. The number of benzene rings is 14. The topological polar surface area (TPSA) is 74.8 Å². The summed E-state index contributed by atoms with van der Waals surface area (Å²) >= 11 is 0. The summed E-state index contributed by atoms with van der Waals surface area (Å²) in [4.78, 5) is 60.7. The van der Waals surface area contributed by atoms with E-state index in [1.54, 1.807) is 4.90 Å². The van der Waals surface area contributed by atoms with E-state index < -0.39 is 0 Å². The summed E-state index contributed by atoms with van der Waals surface area (Å²) in [5.74, 6) is -0.737. The fourth-order valence-electron chi connectivity index (χ4n) is 15.7. The molecule has 0 spiro atoms. The fraction of sp³-hybridized carbons (Fsp3) is 0.250. The highest BCUT2D eigenvalue weighted by molar-refractivity contribution is 6.49. The van der Waals surface area contributed by atoms with Crippen molar-refractivity contribution in [2.24, 2.45) is 0 Å². The Balaban J connectivity index is 0.867. The molecule has 78 heavy (non-hydrogen) atoms. The molecule has 6 nitrogen and oxygen atoms in total. The van der Waals surface area contributed by atoms with Crippen molar-refractivity contribution in [3.05, 3.63) is 144 Å². The number of carbonyl (C=O) groups excluding carboxylic acids is 4. The predicted molar refractivity (Wildman–Crippen MR) is 325 cm³/mol. The summed E-state index contributed by atoms with van der Waals surface area (Å²) in [6.45, 7) is 8.26. The first-order chi connectivity index (χ1) is 38.2. The summed E-state index contributed by atoms with van der Waals surface area (Å²) in [5.41, 5.74) is 2.48. The largest absolute Gasteiger partial charge is 0.272 e. The SMILES string of the molecule is CCCCCCCC(CCCCCCC)N1C(=O)c2ccc3c4ccc5c6ccc7c8ccc9c%10ccc%11c%12c(ccc(c%13ccc(c%14ccc(c%15ccc(c%16ccc(c2c3%16)C1=O)c4c5%15)c6c7%14)c8c9%13)c%12%10)C(=O)N(C(C)C)C%11=O. The number of hydrogen-bond donors (Lipinski definition) is 0. The van der Waals surface area contributed by atoms with Gasteiger partial charge in [0.1, 0.15) is 0 Å². The summed E-state index contributed by atoms with van der Waals surface area (Å²) in [6, 6.07) is 43.8. The van der Waals surface area contributed by atoms with Gasteiger partial charge in [-0.3, -0.25) is 29.0 Å². The van der Waals surface area contributed by atoms with Gasteiger partial charge in [-0.1, -0.05) is 175 Å². The number of nitrogens with zero attached hydrogens (tertiary/aromatic N) is 2. The van der Waals surface area contributed by atoms with Gasteiger partial charge in [-0.2, -0.15) is 0 Å². The van der Waals surface area contributed by atoms with Gasteiger partial charge in [0.2, 0.25) is 0 Å². The van der Waals surface area contributed by atoms with Gasteiger partial charge in [0.25, 0.3) is 23.6 Å². The highest BCUT2D eigenvalue weighted by Gasteiger charge is 2.39. The number of rotatable bonds is 14. The van der Waals surface area contributed by atoms with Crippen LogP contribution in [0, 0.1) is 0 Å². The molecule has 2 aliphatic rings. The zero-order valence-corrected chi connectivity index (χ0v) is 44.7. The van der Waals surface area contributed by atoms with Crippen molar-refractivity contribution in [3.63, 3.8) is 0 Å². The van der Waals surface area contributed by atoms with E-state index in [0.29, 0.717) is 22.3 Å². The van der Waals surface area contributed by atoms with Gasteiger partial charge in [0.15, 0.2) is 0 Å². The summed E-state index contributed by atoms with van der Waals surface area (Å²) in [5, 5.41) is 29.5. The van der Waals surface area contributed by atoms with Crippen LogP contribution in [0.1, 0.15) is 146 Å². The van der Waals surface area contributed by atoms with Gasteiger partial charge in [0.05, 0.1) is 0 Å². The number of fused-ring (bicyclic) bond motifs is 8. The van der Waals surface area contributed by atoms with E-state index in [1.807, 2.05) is 38.1 Å². The van der Waals surface area contributed by atoms with Crippen molar-refractivity contribution in [1.29, 1.82) is 0 Å². The Bertz CT molecular complexity index is 4690. The maximum atomic E-state index is 14.9. The van der Waals surface area contributed by atoms with E-state index >= 15 is 0 Å². The van der Waals surface area contributed by atoms with Gasteiger partial charge < -0.3 is 0 Å². The van der Waals surface area contributed by atoms with Crippen molar-refractivity contribution >= 4 is 164 Å². The summed E-state index contributed by atoms with van der Waals surface area (Å²) in [6.07, 6.45) is 13.2. The molecule has 16 rings (SSSR count). The van der Waals surface area contributed by atoms with Crippen LogP contribution >= 0.6 is 0 Å². The molecule has 0 fully saturated rings. The molecule has 14 aromatic rings. The Kier molecular flexibility index (Phi) is 9.80. The second kappa shape index (κ2) is 16.6. The van der Waals surface area contributed by atoms with Gasteiger partial charge in [-0.15, -0.1) is 0 Å². The Morgan fingerprint density at radius 1 is 0.269 bits per heavy atom. The predicted octanol–water partition coefficient (Wildman–Crippen LogP) is 19.1. The number of unbranched alkanes of at least 4 members (excludes halogenated alkanes) is 8. The van der Waals surface area contributed by atoms with E-state index in [-0.39, 0.29) is 35.7 Å². The Labute approximate surface area is 450 Å². The van der Waals surface area contributed by atoms with Crippen LogP contribution in [0.3, 0.4) is 0 Å². The fourth-order valence-corrected chi connectivity index (χ4v) is 15.7. The first-order valence-corrected chi connectivity index (χ1v) is 29.0. The molecular weight excluding hydrogens is 957 g/mol. The molecule has 4 amide bonds. The van der Waals surface area contributed by atoms with E-state index in [2.05, 4.69) is 111 Å². The third kappa shape index (κ3) is 5.83. The minimum absolute atomic E-state index is 0.102. The lowest BCUT2D eigenvalue weighted by molar-refractivity contribution is 0.0512. The quantitative estimate of drug-likeness (QED) is 0.0471. The molecule has 380 valence electrons. The molecule has 6 heteroatoms. The lowest BCUT2D eigenvalue weighted by atomic mass is 9.79. The number of hydrogen-bond acceptors (Lipinski definition) is 4. The first-order valence-electron chi connectivity index (χ1n) is 29.0. The third-order valence-corrected chi connectivity index (χ3v) is 19.1. The molecular formula is C72H58N2O4. The second-order valence-corrected chi connectivity index (χ2v) is 23.5. The minimum atomic E-state index is -0.246. The van der Waals surface area contributed by atoms with E-state index in [4.69, 9.17) is 0 Å². The van der Waals surface area contributed by atoms with Crippen LogP contribution in [0.2, 0.25) is 0 Å². The highest BCUT2D eigenvalue weighted by Crippen LogP contribution is 2.54. The van der Waals surface area contributed by atoms with Gasteiger partial charge >= 0.3 is 0 Å². The highest BCUT2D eigenvalue weighted by atomic mass is 16.2. The zero-order chi connectivity index (χ0) is 52.6. The van der Waals surface area contributed by atoms with E-state index in [0.717, 1.165) is 103 Å². The second-order valence-electron chi connectivity index (χ2n) is 23.5. The molecule has 0 bridgehead atoms. The van der Waals surface area contributed by atoms with Gasteiger partial charge in [-0.25, -0.2) is 0 Å². The average molecular weight is 1020 g/mol. The van der Waals surface area contributed by atoms with Crippen LogP contribution in [-0.4, -0.2) is 45.5 Å². The molecule has 0 saturated heterocycles. The summed E-state index contributed by atoms with van der Waals surface area (Å²) in [7, 11) is 0. The lowest BCUT2D eigenvalue weighted by Gasteiger charge is -2.35. The van der Waals surface area contributed by atoms with Gasteiger partial charge in [0, 0.05) is 45.1 Å². The third-order valence-electron chi connectivity index (χ3n) is 19.1. The Morgan fingerprint density at radius 2 is 0.474 bits per heavy atom. The van der Waals surface area contributed by atoms with Crippen molar-refractivity contribution < 1.29 is 19.2 Å². The molecule has 0 N–H and O–H groups in total. The van der Waals surface area contributed by atoms with Crippen LogP contribution < -0.4 is 0 Å². The lowest BCUT2D eigenvalue weighted by Crippen LogP contribution is -2.47. The van der Waals surface area contributed by atoms with Crippen molar-refractivity contribution in [1.82, 2.24) is 9.80 Å². The standard InChI is InChI=1S/C72H58N2O4/c1-5-7-9-11-13-15-38(16-14-12-10-8-6-2)74-71(77)57-35-31-53-49-27-23-45-41-19-17-39-43-21-25-47-51-29-33-55-67-56(70(76)73(37(3)4)69(55)75)34-30-52(65(51)67)48-26-22-44(61(43)63(47)48)40-18-20-42(60(41)59(39)40)46-24-28-50(64(49)62(45)46)54-32-36-58(72(74)78)68(57)66(53)54/h17-38H,5-16H2,1-4H3.